The summed E-state index contributed by atoms with van der Waals surface area (Å²) in [4.78, 5) is 37.2. The number of allylic oxidation sites excluding steroid dienone is 2. The molecular weight excluding hydrogens is 402 g/mol. The van der Waals surface area contributed by atoms with Crippen molar-refractivity contribution in [3.8, 4) is 11.5 Å². The SMILES string of the molecule is O=Cc1cccc(OC2=C(NSOc3ccccc3)C(=O)c3ccccc3C2=O)c1. The number of hydrogen-bond acceptors (Lipinski definition) is 7. The molecule has 148 valence electrons. The van der Waals surface area contributed by atoms with Crippen LogP contribution in [0.5, 0.6) is 11.5 Å². The van der Waals surface area contributed by atoms with Crippen molar-refractivity contribution in [2.75, 3.05) is 0 Å². The fraction of sp³-hybridized carbons (Fsp3) is 0. The molecule has 1 N–H and O–H groups in total. The third kappa shape index (κ3) is 3.97. The minimum Gasteiger partial charge on any atom is -0.451 e. The summed E-state index contributed by atoms with van der Waals surface area (Å²) in [6, 6.07) is 21.9. The average molecular weight is 417 g/mol. The van der Waals surface area contributed by atoms with Crippen molar-refractivity contribution in [3.63, 3.8) is 0 Å². The van der Waals surface area contributed by atoms with E-state index >= 15 is 0 Å². The minimum absolute atomic E-state index is 0.0314. The van der Waals surface area contributed by atoms with Crippen LogP contribution in [0.1, 0.15) is 31.1 Å². The van der Waals surface area contributed by atoms with Gasteiger partial charge in [-0.2, -0.15) is 0 Å². The molecule has 7 heteroatoms. The maximum atomic E-state index is 13.1. The van der Waals surface area contributed by atoms with E-state index in [2.05, 4.69) is 4.72 Å². The summed E-state index contributed by atoms with van der Waals surface area (Å²) in [6.07, 6.45) is 0.674. The number of rotatable bonds is 7. The lowest BCUT2D eigenvalue weighted by molar-refractivity contribution is 0.0933. The van der Waals surface area contributed by atoms with Crippen LogP contribution in [0.25, 0.3) is 0 Å². The van der Waals surface area contributed by atoms with E-state index in [4.69, 9.17) is 8.92 Å². The number of carbonyl (C=O) groups is 3. The van der Waals surface area contributed by atoms with Crippen molar-refractivity contribution in [3.05, 3.63) is 107 Å². The van der Waals surface area contributed by atoms with Gasteiger partial charge < -0.3 is 8.92 Å². The first kappa shape index (κ1) is 19.5. The highest BCUT2D eigenvalue weighted by molar-refractivity contribution is 7.93. The number of Topliss-reactive ketones (excluding diaryl/α,β-unsaturated/α-hetero) is 2. The molecule has 0 amide bonds. The second-order valence-corrected chi connectivity index (χ2v) is 6.82. The molecule has 1 aliphatic rings. The van der Waals surface area contributed by atoms with E-state index in [-0.39, 0.29) is 28.3 Å². The number of para-hydroxylation sites is 1. The molecule has 6 nitrogen and oxygen atoms in total. The molecular formula is C23H15NO5S. The summed E-state index contributed by atoms with van der Waals surface area (Å²) in [6.45, 7) is 0. The predicted octanol–water partition coefficient (Wildman–Crippen LogP) is 4.40. The van der Waals surface area contributed by atoms with Gasteiger partial charge in [0.2, 0.25) is 17.3 Å². The van der Waals surface area contributed by atoms with Crippen LogP contribution in [-0.4, -0.2) is 17.9 Å². The minimum atomic E-state index is -0.440. The topological polar surface area (TPSA) is 81.7 Å². The van der Waals surface area contributed by atoms with Gasteiger partial charge in [0.1, 0.15) is 23.5 Å². The van der Waals surface area contributed by atoms with Crippen LogP contribution in [-0.2, 0) is 0 Å². The van der Waals surface area contributed by atoms with Gasteiger partial charge in [-0.25, -0.2) is 0 Å². The van der Waals surface area contributed by atoms with Crippen LogP contribution in [0.3, 0.4) is 0 Å². The molecule has 4 rings (SSSR count). The Morgan fingerprint density at radius 2 is 1.43 bits per heavy atom. The van der Waals surface area contributed by atoms with E-state index in [1.165, 1.54) is 6.07 Å². The van der Waals surface area contributed by atoms with Crippen molar-refractivity contribution in [1.82, 2.24) is 4.72 Å². The zero-order chi connectivity index (χ0) is 20.9. The molecule has 0 unspecified atom stereocenters. The van der Waals surface area contributed by atoms with Gasteiger partial charge in [-0.05, 0) is 24.3 Å². The van der Waals surface area contributed by atoms with Gasteiger partial charge in [0.25, 0.3) is 0 Å². The number of carbonyl (C=O) groups excluding carboxylic acids is 3. The van der Waals surface area contributed by atoms with Gasteiger partial charge in [-0.1, -0.05) is 54.6 Å². The van der Waals surface area contributed by atoms with Crippen molar-refractivity contribution in [1.29, 1.82) is 0 Å². The summed E-state index contributed by atoms with van der Waals surface area (Å²) in [5.41, 5.74) is 0.887. The molecule has 0 aromatic heterocycles. The zero-order valence-corrected chi connectivity index (χ0v) is 16.3. The van der Waals surface area contributed by atoms with Crippen molar-refractivity contribution in [2.24, 2.45) is 0 Å². The Morgan fingerprint density at radius 1 is 0.767 bits per heavy atom. The second kappa shape index (κ2) is 8.67. The maximum Gasteiger partial charge on any atom is 0.231 e. The number of ketones is 2. The Morgan fingerprint density at radius 3 is 2.17 bits per heavy atom. The van der Waals surface area contributed by atoms with Crippen molar-refractivity contribution in [2.45, 2.75) is 0 Å². The molecule has 0 saturated carbocycles. The van der Waals surface area contributed by atoms with Gasteiger partial charge in [0.05, 0.1) is 0 Å². The number of hydrogen-bond donors (Lipinski definition) is 1. The summed E-state index contributed by atoms with van der Waals surface area (Å²) < 4.78 is 14.1. The van der Waals surface area contributed by atoms with E-state index in [0.717, 1.165) is 12.2 Å². The van der Waals surface area contributed by atoms with Gasteiger partial charge in [0, 0.05) is 16.7 Å². The van der Waals surface area contributed by atoms with Gasteiger partial charge in [0.15, 0.2) is 12.2 Å². The number of nitrogens with one attached hydrogen (secondary N) is 1. The van der Waals surface area contributed by atoms with E-state index in [9.17, 15) is 14.4 Å². The highest BCUT2D eigenvalue weighted by Gasteiger charge is 2.34. The number of benzene rings is 3. The fourth-order valence-electron chi connectivity index (χ4n) is 2.90. The molecule has 0 radical (unpaired) electrons. The fourth-order valence-corrected chi connectivity index (χ4v) is 3.42. The van der Waals surface area contributed by atoms with Crippen molar-refractivity contribution < 1.29 is 23.3 Å². The average Bonchev–Trinajstić information content (AvgIpc) is 2.80. The lowest BCUT2D eigenvalue weighted by Gasteiger charge is -2.21. The molecule has 0 atom stereocenters. The Labute approximate surface area is 176 Å². The van der Waals surface area contributed by atoms with Crippen LogP contribution in [0.2, 0.25) is 0 Å². The number of ether oxygens (including phenoxy) is 1. The van der Waals surface area contributed by atoms with E-state index in [1.807, 2.05) is 18.2 Å². The summed E-state index contributed by atoms with van der Waals surface area (Å²) in [5, 5.41) is 0. The molecule has 0 fully saturated rings. The molecule has 0 heterocycles. The monoisotopic (exact) mass is 417 g/mol. The molecule has 30 heavy (non-hydrogen) atoms. The summed E-state index contributed by atoms with van der Waals surface area (Å²) in [5.74, 6) is -0.151. The normalized spacial score (nSPS) is 12.9. The molecule has 0 bridgehead atoms. The van der Waals surface area contributed by atoms with Crippen LogP contribution < -0.4 is 13.6 Å². The van der Waals surface area contributed by atoms with Gasteiger partial charge in [-0.15, -0.1) is 0 Å². The molecule has 0 spiro atoms. The molecule has 0 aliphatic heterocycles. The Kier molecular flexibility index (Phi) is 5.63. The molecule has 1 aliphatic carbocycles. The van der Waals surface area contributed by atoms with Crippen LogP contribution in [0.15, 0.2) is 90.3 Å². The largest absolute Gasteiger partial charge is 0.451 e. The number of fused-ring (bicyclic) bond motifs is 1. The van der Waals surface area contributed by atoms with Gasteiger partial charge in [-0.3, -0.25) is 19.1 Å². The van der Waals surface area contributed by atoms with E-state index in [1.54, 1.807) is 54.6 Å². The third-order valence-electron chi connectivity index (χ3n) is 4.32. The number of aldehydes is 1. The maximum absolute atomic E-state index is 13.1. The first-order chi connectivity index (χ1) is 14.7. The third-order valence-corrected chi connectivity index (χ3v) is 4.88. The first-order valence-corrected chi connectivity index (χ1v) is 9.72. The van der Waals surface area contributed by atoms with E-state index in [0.29, 0.717) is 17.6 Å². The smallest absolute Gasteiger partial charge is 0.231 e. The molecule has 3 aromatic carbocycles. The van der Waals surface area contributed by atoms with E-state index < -0.39 is 11.6 Å². The second-order valence-electron chi connectivity index (χ2n) is 6.28. The Hall–Kier alpha value is -3.84. The first-order valence-electron chi connectivity index (χ1n) is 8.98. The zero-order valence-electron chi connectivity index (χ0n) is 15.5. The standard InChI is InChI=1S/C23H15NO5S/c25-14-15-7-6-10-17(13-15)28-23-20(24-30-29-16-8-2-1-3-9-16)21(26)18-11-4-5-12-19(18)22(23)27/h1-14,24H. The Bertz CT molecular complexity index is 1160. The summed E-state index contributed by atoms with van der Waals surface area (Å²) >= 11 is 0.798. The lowest BCUT2D eigenvalue weighted by Crippen LogP contribution is -2.30. The van der Waals surface area contributed by atoms with Crippen LogP contribution in [0, 0.1) is 0 Å². The highest BCUT2D eigenvalue weighted by atomic mass is 32.2. The highest BCUT2D eigenvalue weighted by Crippen LogP contribution is 2.29. The predicted molar refractivity (Wildman–Crippen MR) is 112 cm³/mol. The van der Waals surface area contributed by atoms with Crippen LogP contribution >= 0.6 is 12.2 Å². The molecule has 0 saturated heterocycles. The summed E-state index contributed by atoms with van der Waals surface area (Å²) in [7, 11) is 0. The quantitative estimate of drug-likeness (QED) is 0.347. The lowest BCUT2D eigenvalue weighted by atomic mass is 9.91. The van der Waals surface area contributed by atoms with Crippen molar-refractivity contribution >= 4 is 30.1 Å². The molecule has 3 aromatic rings. The Balaban J connectivity index is 1.67. The van der Waals surface area contributed by atoms with Gasteiger partial charge >= 0.3 is 0 Å². The van der Waals surface area contributed by atoms with Crippen LogP contribution in [0.4, 0.5) is 0 Å².